The van der Waals surface area contributed by atoms with Gasteiger partial charge in [-0.2, -0.15) is 0 Å². The largest absolute Gasteiger partial charge is 0.345 e. The summed E-state index contributed by atoms with van der Waals surface area (Å²) in [6, 6.07) is 7.55. The first kappa shape index (κ1) is 18.9. The maximum atomic E-state index is 13.9. The molecule has 0 radical (unpaired) electrons. The molecular formula is C18H15F2N3O3S2. The van der Waals surface area contributed by atoms with Crippen LogP contribution >= 0.6 is 11.8 Å². The van der Waals surface area contributed by atoms with E-state index in [2.05, 4.69) is 9.71 Å². The second-order valence-corrected chi connectivity index (χ2v) is 9.22. The van der Waals surface area contributed by atoms with Gasteiger partial charge in [0.05, 0.1) is 17.5 Å². The highest BCUT2D eigenvalue weighted by Gasteiger charge is 2.33. The Hall–Kier alpha value is -2.46. The Morgan fingerprint density at radius 1 is 1.25 bits per heavy atom. The van der Waals surface area contributed by atoms with E-state index in [4.69, 9.17) is 0 Å². The molecule has 0 saturated carbocycles. The van der Waals surface area contributed by atoms with Gasteiger partial charge in [-0.25, -0.2) is 17.2 Å². The van der Waals surface area contributed by atoms with Gasteiger partial charge in [-0.3, -0.25) is 4.79 Å². The van der Waals surface area contributed by atoms with Gasteiger partial charge in [0.25, 0.3) is 15.9 Å². The molecule has 0 unspecified atom stereocenters. The summed E-state index contributed by atoms with van der Waals surface area (Å²) in [6.07, 6.45) is 0. The minimum Gasteiger partial charge on any atom is -0.345 e. The molecule has 0 saturated heterocycles. The smallest absolute Gasteiger partial charge is 0.257 e. The fraction of sp³-hybridized carbons (Fsp3) is 0.222. The molecule has 6 nitrogen and oxygen atoms in total. The van der Waals surface area contributed by atoms with Gasteiger partial charge in [-0.05, 0) is 43.0 Å². The van der Waals surface area contributed by atoms with Crippen LogP contribution in [-0.4, -0.2) is 31.8 Å². The molecule has 146 valence electrons. The number of fused-ring (bicyclic) bond motifs is 3. The van der Waals surface area contributed by atoms with E-state index in [1.165, 1.54) is 17.8 Å². The molecule has 28 heavy (non-hydrogen) atoms. The second-order valence-electron chi connectivity index (χ2n) is 6.46. The van der Waals surface area contributed by atoms with E-state index in [0.717, 1.165) is 22.7 Å². The standard InChI is InChI=1S/C18H15F2N3O3S2/c1-10(13-4-3-12(19)9-14(13)20)21-17(24)11-2-5-15-16(8-11)27-18-22-28(25,26)7-6-23(15)18/h2-5,8-10H,6-7H2,1H3,(H,21,24)/t10-/m1/s1. The topological polar surface area (TPSA) is 78.8 Å². The van der Waals surface area contributed by atoms with Gasteiger partial charge in [0.1, 0.15) is 11.6 Å². The summed E-state index contributed by atoms with van der Waals surface area (Å²) >= 11 is 1.19. The Kier molecular flexibility index (Phi) is 4.62. The Labute approximate surface area is 164 Å². The Bertz CT molecular complexity index is 1120. The molecular weight excluding hydrogens is 408 g/mol. The van der Waals surface area contributed by atoms with Crippen molar-refractivity contribution in [1.82, 2.24) is 5.32 Å². The van der Waals surface area contributed by atoms with E-state index < -0.39 is 33.6 Å². The molecule has 0 aliphatic carbocycles. The third-order valence-electron chi connectivity index (χ3n) is 4.51. The van der Waals surface area contributed by atoms with Crippen LogP contribution < -0.4 is 10.2 Å². The molecule has 2 aliphatic rings. The van der Waals surface area contributed by atoms with E-state index >= 15 is 0 Å². The molecule has 0 spiro atoms. The predicted octanol–water partition coefficient (Wildman–Crippen LogP) is 3.07. The number of hydrogen-bond donors (Lipinski definition) is 1. The SMILES string of the molecule is C[C@@H](NC(=O)c1ccc2c(c1)SC1=NS(=O)(=O)CCN12)c1ccc(F)cc1F. The van der Waals surface area contributed by atoms with Crippen molar-refractivity contribution in [2.75, 3.05) is 17.2 Å². The van der Waals surface area contributed by atoms with Crippen LogP contribution in [-0.2, 0) is 10.0 Å². The molecule has 10 heteroatoms. The Morgan fingerprint density at radius 2 is 2.04 bits per heavy atom. The van der Waals surface area contributed by atoms with E-state index in [1.807, 2.05) is 0 Å². The fourth-order valence-electron chi connectivity index (χ4n) is 3.08. The average molecular weight is 423 g/mol. The number of benzene rings is 2. The highest BCUT2D eigenvalue weighted by Crippen LogP contribution is 2.42. The highest BCUT2D eigenvalue weighted by atomic mass is 32.2. The lowest BCUT2D eigenvalue weighted by Gasteiger charge is -2.22. The fourth-order valence-corrected chi connectivity index (χ4v) is 5.38. The normalized spacial score (nSPS) is 18.1. The Morgan fingerprint density at radius 3 is 2.79 bits per heavy atom. The van der Waals surface area contributed by atoms with Crippen molar-refractivity contribution >= 4 is 38.5 Å². The van der Waals surface area contributed by atoms with E-state index in [0.29, 0.717) is 17.3 Å². The number of sulfonamides is 1. The van der Waals surface area contributed by atoms with Crippen molar-refractivity contribution in [1.29, 1.82) is 0 Å². The van der Waals surface area contributed by atoms with Crippen LogP contribution in [0.4, 0.5) is 14.5 Å². The second kappa shape index (κ2) is 6.85. The summed E-state index contributed by atoms with van der Waals surface area (Å²) in [6.45, 7) is 1.92. The van der Waals surface area contributed by atoms with Gasteiger partial charge in [0, 0.05) is 28.6 Å². The molecule has 1 N–H and O–H groups in total. The van der Waals surface area contributed by atoms with Crippen LogP contribution in [0.15, 0.2) is 45.7 Å². The summed E-state index contributed by atoms with van der Waals surface area (Å²) in [5, 5.41) is 3.06. The monoisotopic (exact) mass is 423 g/mol. The first-order chi connectivity index (χ1) is 13.2. The number of amides is 1. The van der Waals surface area contributed by atoms with Crippen LogP contribution in [0.2, 0.25) is 0 Å². The van der Waals surface area contributed by atoms with Crippen LogP contribution in [0.5, 0.6) is 0 Å². The first-order valence-electron chi connectivity index (χ1n) is 8.41. The van der Waals surface area contributed by atoms with Crippen LogP contribution in [0.1, 0.15) is 28.9 Å². The molecule has 0 bridgehead atoms. The van der Waals surface area contributed by atoms with Gasteiger partial charge in [0.2, 0.25) is 0 Å². The van der Waals surface area contributed by atoms with Gasteiger partial charge in [0.15, 0.2) is 5.17 Å². The maximum Gasteiger partial charge on any atom is 0.257 e. The quantitative estimate of drug-likeness (QED) is 0.821. The van der Waals surface area contributed by atoms with Crippen molar-refractivity contribution in [2.24, 2.45) is 4.40 Å². The minimum atomic E-state index is -3.45. The summed E-state index contributed by atoms with van der Waals surface area (Å²) in [5.41, 5.74) is 1.33. The highest BCUT2D eigenvalue weighted by molar-refractivity contribution is 8.15. The number of carbonyl (C=O) groups is 1. The molecule has 2 aromatic rings. The molecule has 1 atom stereocenters. The summed E-state index contributed by atoms with van der Waals surface area (Å²) < 4.78 is 54.1. The van der Waals surface area contributed by atoms with Crippen molar-refractivity contribution in [3.63, 3.8) is 0 Å². The number of halogens is 2. The number of hydrogen-bond acceptors (Lipinski definition) is 5. The summed E-state index contributed by atoms with van der Waals surface area (Å²) in [4.78, 5) is 15.1. The van der Waals surface area contributed by atoms with E-state index in [9.17, 15) is 22.0 Å². The molecule has 2 heterocycles. The lowest BCUT2D eigenvalue weighted by Crippen LogP contribution is -2.35. The summed E-state index contributed by atoms with van der Waals surface area (Å²) in [5.74, 6) is -1.89. The van der Waals surface area contributed by atoms with E-state index in [1.54, 1.807) is 30.0 Å². The zero-order valence-electron chi connectivity index (χ0n) is 14.6. The number of anilines is 1. The predicted molar refractivity (Wildman–Crippen MR) is 103 cm³/mol. The minimum absolute atomic E-state index is 0.0561. The molecule has 0 fully saturated rings. The maximum absolute atomic E-state index is 13.9. The third kappa shape index (κ3) is 3.49. The van der Waals surface area contributed by atoms with Crippen molar-refractivity contribution in [2.45, 2.75) is 17.9 Å². The van der Waals surface area contributed by atoms with Gasteiger partial charge < -0.3 is 10.2 Å². The van der Waals surface area contributed by atoms with Crippen LogP contribution in [0.3, 0.4) is 0 Å². The van der Waals surface area contributed by atoms with Gasteiger partial charge in [-0.15, -0.1) is 4.40 Å². The molecule has 2 aromatic carbocycles. The lowest BCUT2D eigenvalue weighted by atomic mass is 10.1. The number of nitrogens with zero attached hydrogens (tertiary/aromatic N) is 2. The molecule has 4 rings (SSSR count). The number of thioether (sulfide) groups is 1. The number of rotatable bonds is 3. The van der Waals surface area contributed by atoms with Crippen LogP contribution in [0, 0.1) is 11.6 Å². The first-order valence-corrected chi connectivity index (χ1v) is 10.8. The number of carbonyl (C=O) groups excluding carboxylic acids is 1. The third-order valence-corrected chi connectivity index (χ3v) is 6.82. The number of nitrogens with one attached hydrogen (secondary N) is 1. The van der Waals surface area contributed by atoms with E-state index in [-0.39, 0.29) is 11.3 Å². The van der Waals surface area contributed by atoms with Crippen LogP contribution in [0.25, 0.3) is 0 Å². The molecule has 2 aliphatic heterocycles. The summed E-state index contributed by atoms with van der Waals surface area (Å²) in [7, 11) is -3.45. The Balaban J connectivity index is 1.55. The average Bonchev–Trinajstić information content (AvgIpc) is 2.96. The van der Waals surface area contributed by atoms with Gasteiger partial charge >= 0.3 is 0 Å². The number of amidine groups is 1. The zero-order valence-corrected chi connectivity index (χ0v) is 16.3. The molecule has 1 amide bonds. The van der Waals surface area contributed by atoms with Gasteiger partial charge in [-0.1, -0.05) is 6.07 Å². The van der Waals surface area contributed by atoms with Crippen molar-refractivity contribution in [3.05, 3.63) is 59.2 Å². The van der Waals surface area contributed by atoms with Crippen molar-refractivity contribution in [3.8, 4) is 0 Å². The lowest BCUT2D eigenvalue weighted by molar-refractivity contribution is 0.0939. The zero-order chi connectivity index (χ0) is 20.1. The van der Waals surface area contributed by atoms with Crippen molar-refractivity contribution < 1.29 is 22.0 Å². The molecule has 0 aromatic heterocycles.